The van der Waals surface area contributed by atoms with Crippen LogP contribution in [0, 0.1) is 23.2 Å². The molecule has 132 valence electrons. The standard InChI is InChI=1S/C17H31N3O3/c1-12(2)14(11-20-16(21)23-17(3,4)5)15(9-18)19-10-13-7-6-8-22-13/h12-15,19H,6-8,10-11H2,1-5H3,(H,20,21). The van der Waals surface area contributed by atoms with E-state index in [1.165, 1.54) is 0 Å². The van der Waals surface area contributed by atoms with Crippen molar-refractivity contribution < 1.29 is 14.3 Å². The van der Waals surface area contributed by atoms with Gasteiger partial charge in [0.25, 0.3) is 0 Å². The molecule has 1 fully saturated rings. The summed E-state index contributed by atoms with van der Waals surface area (Å²) in [4.78, 5) is 11.8. The van der Waals surface area contributed by atoms with Gasteiger partial charge in [-0.2, -0.15) is 5.26 Å². The minimum Gasteiger partial charge on any atom is -0.444 e. The van der Waals surface area contributed by atoms with E-state index < -0.39 is 11.7 Å². The molecule has 1 amide bonds. The predicted octanol–water partition coefficient (Wildman–Crippen LogP) is 2.44. The molecule has 0 bridgehead atoms. The third-order valence-corrected chi connectivity index (χ3v) is 3.89. The zero-order chi connectivity index (χ0) is 17.5. The molecular weight excluding hydrogens is 294 g/mol. The third kappa shape index (κ3) is 7.67. The fraction of sp³-hybridized carbons (Fsp3) is 0.882. The van der Waals surface area contributed by atoms with Gasteiger partial charge in [-0.05, 0) is 39.5 Å². The molecule has 1 rings (SSSR count). The highest BCUT2D eigenvalue weighted by molar-refractivity contribution is 5.67. The molecule has 0 aromatic heterocycles. The number of carbonyl (C=O) groups excluding carboxylic acids is 1. The number of nitrogens with one attached hydrogen (secondary N) is 2. The van der Waals surface area contributed by atoms with E-state index in [1.54, 1.807) is 0 Å². The molecule has 0 aliphatic carbocycles. The lowest BCUT2D eigenvalue weighted by Crippen LogP contribution is -2.46. The molecule has 1 heterocycles. The summed E-state index contributed by atoms with van der Waals surface area (Å²) in [5.74, 6) is 0.264. The summed E-state index contributed by atoms with van der Waals surface area (Å²) in [6, 6.07) is 2.00. The van der Waals surface area contributed by atoms with Gasteiger partial charge in [0.05, 0.1) is 12.2 Å². The highest BCUT2D eigenvalue weighted by Gasteiger charge is 2.27. The number of alkyl carbamates (subject to hydrolysis) is 1. The Morgan fingerprint density at radius 2 is 2.13 bits per heavy atom. The number of hydrogen-bond donors (Lipinski definition) is 2. The van der Waals surface area contributed by atoms with Gasteiger partial charge in [0, 0.05) is 25.6 Å². The van der Waals surface area contributed by atoms with Crippen molar-refractivity contribution in [1.82, 2.24) is 10.6 Å². The van der Waals surface area contributed by atoms with Gasteiger partial charge in [-0.3, -0.25) is 5.32 Å². The van der Waals surface area contributed by atoms with Crippen LogP contribution in [0.5, 0.6) is 0 Å². The Hall–Kier alpha value is -1.32. The molecule has 1 aliphatic heterocycles. The lowest BCUT2D eigenvalue weighted by Gasteiger charge is -2.28. The van der Waals surface area contributed by atoms with Crippen LogP contribution in [0.25, 0.3) is 0 Å². The SMILES string of the molecule is CC(C)C(CNC(=O)OC(C)(C)C)C(C#N)NCC1CCCO1. The summed E-state index contributed by atoms with van der Waals surface area (Å²) in [6.07, 6.45) is 1.86. The lowest BCUT2D eigenvalue weighted by atomic mass is 9.88. The van der Waals surface area contributed by atoms with Gasteiger partial charge in [0.15, 0.2) is 0 Å². The van der Waals surface area contributed by atoms with E-state index in [-0.39, 0.29) is 24.0 Å². The van der Waals surface area contributed by atoms with E-state index in [0.29, 0.717) is 13.1 Å². The molecule has 1 saturated heterocycles. The summed E-state index contributed by atoms with van der Waals surface area (Å²) in [5, 5.41) is 15.5. The van der Waals surface area contributed by atoms with Gasteiger partial charge >= 0.3 is 6.09 Å². The number of carbonyl (C=O) groups is 1. The number of ether oxygens (including phenoxy) is 2. The largest absolute Gasteiger partial charge is 0.444 e. The van der Waals surface area contributed by atoms with Crippen LogP contribution >= 0.6 is 0 Å². The first-order valence-electron chi connectivity index (χ1n) is 8.44. The van der Waals surface area contributed by atoms with Crippen molar-refractivity contribution in [3.05, 3.63) is 0 Å². The number of rotatable bonds is 7. The Morgan fingerprint density at radius 1 is 1.43 bits per heavy atom. The van der Waals surface area contributed by atoms with E-state index in [2.05, 4.69) is 30.6 Å². The van der Waals surface area contributed by atoms with Crippen LogP contribution in [0.2, 0.25) is 0 Å². The number of nitriles is 1. The number of amides is 1. The van der Waals surface area contributed by atoms with Crippen LogP contribution in [0.1, 0.15) is 47.5 Å². The first-order valence-corrected chi connectivity index (χ1v) is 8.44. The fourth-order valence-corrected chi connectivity index (χ4v) is 2.61. The van der Waals surface area contributed by atoms with Crippen LogP contribution in [0.15, 0.2) is 0 Å². The van der Waals surface area contributed by atoms with Crippen molar-refractivity contribution in [3.63, 3.8) is 0 Å². The van der Waals surface area contributed by atoms with Crippen LogP contribution in [0.3, 0.4) is 0 Å². The van der Waals surface area contributed by atoms with E-state index in [0.717, 1.165) is 19.4 Å². The number of nitrogens with zero attached hydrogens (tertiary/aromatic N) is 1. The van der Waals surface area contributed by atoms with Crippen molar-refractivity contribution >= 4 is 6.09 Å². The van der Waals surface area contributed by atoms with Crippen molar-refractivity contribution in [3.8, 4) is 6.07 Å². The van der Waals surface area contributed by atoms with Crippen molar-refractivity contribution in [1.29, 1.82) is 5.26 Å². The molecule has 6 nitrogen and oxygen atoms in total. The van der Waals surface area contributed by atoms with Crippen LogP contribution in [0.4, 0.5) is 4.79 Å². The summed E-state index contributed by atoms with van der Waals surface area (Å²) < 4.78 is 10.8. The summed E-state index contributed by atoms with van der Waals surface area (Å²) in [7, 11) is 0. The van der Waals surface area contributed by atoms with Crippen molar-refractivity contribution in [2.24, 2.45) is 11.8 Å². The Morgan fingerprint density at radius 3 is 2.61 bits per heavy atom. The van der Waals surface area contributed by atoms with Crippen LogP contribution < -0.4 is 10.6 Å². The van der Waals surface area contributed by atoms with Gasteiger partial charge in [-0.1, -0.05) is 13.8 Å². The van der Waals surface area contributed by atoms with E-state index in [1.807, 2.05) is 20.8 Å². The molecule has 23 heavy (non-hydrogen) atoms. The van der Waals surface area contributed by atoms with Gasteiger partial charge in [0.2, 0.25) is 0 Å². The van der Waals surface area contributed by atoms with E-state index in [9.17, 15) is 10.1 Å². The van der Waals surface area contributed by atoms with Gasteiger partial charge in [-0.15, -0.1) is 0 Å². The summed E-state index contributed by atoms with van der Waals surface area (Å²) >= 11 is 0. The molecular formula is C17H31N3O3. The molecule has 0 radical (unpaired) electrons. The molecule has 0 aromatic carbocycles. The Balaban J connectivity index is 2.50. The van der Waals surface area contributed by atoms with Crippen molar-refractivity contribution in [2.75, 3.05) is 19.7 Å². The maximum Gasteiger partial charge on any atom is 0.407 e. The van der Waals surface area contributed by atoms with Crippen LogP contribution in [-0.2, 0) is 9.47 Å². The van der Waals surface area contributed by atoms with Gasteiger partial charge in [0.1, 0.15) is 11.6 Å². The Labute approximate surface area is 139 Å². The van der Waals surface area contributed by atoms with Gasteiger partial charge in [-0.25, -0.2) is 4.79 Å². The zero-order valence-corrected chi connectivity index (χ0v) is 15.0. The predicted molar refractivity (Wildman–Crippen MR) is 88.9 cm³/mol. The smallest absolute Gasteiger partial charge is 0.407 e. The quantitative estimate of drug-likeness (QED) is 0.751. The molecule has 0 aromatic rings. The second-order valence-electron chi connectivity index (χ2n) is 7.44. The maximum atomic E-state index is 11.8. The molecule has 0 saturated carbocycles. The highest BCUT2D eigenvalue weighted by Crippen LogP contribution is 2.17. The Kier molecular flexibility index (Phi) is 7.80. The summed E-state index contributed by atoms with van der Waals surface area (Å²) in [6.45, 7) is 11.5. The molecule has 3 unspecified atom stereocenters. The molecule has 3 atom stereocenters. The second kappa shape index (κ2) is 9.09. The molecule has 0 spiro atoms. The number of hydrogen-bond acceptors (Lipinski definition) is 5. The summed E-state index contributed by atoms with van der Waals surface area (Å²) in [5.41, 5.74) is -0.524. The Bertz CT molecular complexity index is 406. The monoisotopic (exact) mass is 325 g/mol. The zero-order valence-electron chi connectivity index (χ0n) is 15.0. The maximum absolute atomic E-state index is 11.8. The average Bonchev–Trinajstić information content (AvgIpc) is 2.93. The normalized spacial score (nSPS) is 20.8. The molecule has 2 N–H and O–H groups in total. The minimum atomic E-state index is -0.524. The highest BCUT2D eigenvalue weighted by atomic mass is 16.6. The fourth-order valence-electron chi connectivity index (χ4n) is 2.61. The van der Waals surface area contributed by atoms with E-state index in [4.69, 9.17) is 9.47 Å². The van der Waals surface area contributed by atoms with Crippen LogP contribution in [-0.4, -0.2) is 43.5 Å². The van der Waals surface area contributed by atoms with E-state index >= 15 is 0 Å². The molecule has 1 aliphatic rings. The van der Waals surface area contributed by atoms with Crippen molar-refractivity contribution in [2.45, 2.75) is 65.2 Å². The topological polar surface area (TPSA) is 83.4 Å². The lowest BCUT2D eigenvalue weighted by molar-refractivity contribution is 0.0510. The first-order chi connectivity index (χ1) is 10.7. The van der Waals surface area contributed by atoms with Gasteiger partial charge < -0.3 is 14.8 Å². The average molecular weight is 325 g/mol. The third-order valence-electron chi connectivity index (χ3n) is 3.89. The first kappa shape index (κ1) is 19.7. The minimum absolute atomic E-state index is 0.00826. The second-order valence-corrected chi connectivity index (χ2v) is 7.44. The molecule has 6 heteroatoms.